The highest BCUT2D eigenvalue weighted by Gasteiger charge is 2.49. The predicted molar refractivity (Wildman–Crippen MR) is 81.3 cm³/mol. The van der Waals surface area contributed by atoms with E-state index < -0.39 is 17.4 Å². The molecular formula is C16H21ClO4. The van der Waals surface area contributed by atoms with Crippen molar-refractivity contribution >= 4 is 23.5 Å². The number of ether oxygens (including phenoxy) is 2. The van der Waals surface area contributed by atoms with E-state index in [1.165, 1.54) is 0 Å². The molecule has 0 bridgehead atoms. The van der Waals surface area contributed by atoms with Crippen molar-refractivity contribution in [1.29, 1.82) is 0 Å². The summed E-state index contributed by atoms with van der Waals surface area (Å²) in [6, 6.07) is 6.72. The lowest BCUT2D eigenvalue weighted by Gasteiger charge is -2.29. The van der Waals surface area contributed by atoms with Gasteiger partial charge in [0.15, 0.2) is 5.41 Å². The molecule has 4 nitrogen and oxygen atoms in total. The molecule has 0 aliphatic rings. The van der Waals surface area contributed by atoms with Gasteiger partial charge in [0.2, 0.25) is 0 Å². The van der Waals surface area contributed by atoms with Crippen molar-refractivity contribution in [3.63, 3.8) is 0 Å². The summed E-state index contributed by atoms with van der Waals surface area (Å²) in [5.41, 5.74) is -0.945. The molecule has 1 aromatic carbocycles. The van der Waals surface area contributed by atoms with Gasteiger partial charge in [-0.15, -0.1) is 0 Å². The predicted octanol–water partition coefficient (Wildman–Crippen LogP) is 3.50. The number of esters is 2. The van der Waals surface area contributed by atoms with E-state index in [0.29, 0.717) is 23.4 Å². The minimum atomic E-state index is -1.45. The molecule has 0 aliphatic carbocycles. The Bertz CT molecular complexity index is 481. The molecule has 0 heterocycles. The zero-order valence-electron chi connectivity index (χ0n) is 12.6. The van der Waals surface area contributed by atoms with Crippen molar-refractivity contribution in [2.75, 3.05) is 13.2 Å². The Balaban J connectivity index is 3.42. The van der Waals surface area contributed by atoms with Crippen LogP contribution in [0.15, 0.2) is 24.3 Å². The molecule has 0 amide bonds. The van der Waals surface area contributed by atoms with Crippen LogP contribution in [0.5, 0.6) is 0 Å². The summed E-state index contributed by atoms with van der Waals surface area (Å²) in [6.07, 6.45) is 0.940. The highest BCUT2D eigenvalue weighted by molar-refractivity contribution is 6.30. The van der Waals surface area contributed by atoms with Gasteiger partial charge in [0, 0.05) is 5.02 Å². The zero-order valence-corrected chi connectivity index (χ0v) is 13.4. The summed E-state index contributed by atoms with van der Waals surface area (Å²) in [7, 11) is 0. The number of carbonyl (C=O) groups excluding carboxylic acids is 2. The Labute approximate surface area is 130 Å². The van der Waals surface area contributed by atoms with Crippen molar-refractivity contribution in [2.24, 2.45) is 0 Å². The van der Waals surface area contributed by atoms with Crippen molar-refractivity contribution < 1.29 is 19.1 Å². The molecule has 0 saturated carbocycles. The summed E-state index contributed by atoms with van der Waals surface area (Å²) >= 11 is 6.01. The number of halogens is 1. The Morgan fingerprint density at radius 1 is 1.10 bits per heavy atom. The Hall–Kier alpha value is -1.55. The average Bonchev–Trinajstić information content (AvgIpc) is 2.45. The van der Waals surface area contributed by atoms with Crippen LogP contribution in [0, 0.1) is 0 Å². The molecule has 0 aliphatic heterocycles. The largest absolute Gasteiger partial charge is 0.465 e. The summed E-state index contributed by atoms with van der Waals surface area (Å²) in [6.45, 7) is 5.71. The molecule has 0 spiro atoms. The maximum Gasteiger partial charge on any atom is 0.328 e. The highest BCUT2D eigenvalue weighted by Crippen LogP contribution is 2.34. The molecule has 1 aromatic rings. The minimum Gasteiger partial charge on any atom is -0.465 e. The van der Waals surface area contributed by atoms with Crippen LogP contribution >= 0.6 is 11.6 Å². The quantitative estimate of drug-likeness (QED) is 0.571. The monoisotopic (exact) mass is 312 g/mol. The lowest BCUT2D eigenvalue weighted by Crippen LogP contribution is -2.46. The Morgan fingerprint density at radius 2 is 1.67 bits per heavy atom. The van der Waals surface area contributed by atoms with Gasteiger partial charge in [0.05, 0.1) is 13.2 Å². The first-order valence-corrected chi connectivity index (χ1v) is 7.51. The van der Waals surface area contributed by atoms with Gasteiger partial charge in [0.25, 0.3) is 0 Å². The van der Waals surface area contributed by atoms with Gasteiger partial charge < -0.3 is 9.47 Å². The lowest BCUT2D eigenvalue weighted by atomic mass is 9.76. The van der Waals surface area contributed by atoms with Crippen molar-refractivity contribution in [1.82, 2.24) is 0 Å². The maximum absolute atomic E-state index is 12.5. The summed E-state index contributed by atoms with van der Waals surface area (Å²) in [5.74, 6) is -1.18. The van der Waals surface area contributed by atoms with Crippen LogP contribution in [0.1, 0.15) is 39.2 Å². The Morgan fingerprint density at radius 3 is 2.10 bits per heavy atom. The minimum absolute atomic E-state index is 0.199. The van der Waals surface area contributed by atoms with E-state index in [1.807, 2.05) is 6.92 Å². The average molecular weight is 313 g/mol. The second-order valence-electron chi connectivity index (χ2n) is 4.61. The van der Waals surface area contributed by atoms with Crippen molar-refractivity contribution in [2.45, 2.75) is 39.0 Å². The topological polar surface area (TPSA) is 52.6 Å². The number of rotatable bonds is 7. The first-order chi connectivity index (χ1) is 10.0. The molecule has 5 heteroatoms. The normalized spacial score (nSPS) is 11.0. The standard InChI is InChI=1S/C16H21ClO4/c1-4-10-16(14(18)20-5-2,15(19)21-6-3)12-8-7-9-13(17)11-12/h7-9,11H,4-6,10H2,1-3H3. The fraction of sp³-hybridized carbons (Fsp3) is 0.500. The van der Waals surface area contributed by atoms with Gasteiger partial charge in [-0.05, 0) is 38.0 Å². The van der Waals surface area contributed by atoms with Crippen LogP contribution in [-0.2, 0) is 24.5 Å². The molecule has 0 saturated heterocycles. The molecule has 0 N–H and O–H groups in total. The van der Waals surface area contributed by atoms with Gasteiger partial charge in [-0.2, -0.15) is 0 Å². The third kappa shape index (κ3) is 3.76. The smallest absolute Gasteiger partial charge is 0.328 e. The summed E-state index contributed by atoms with van der Waals surface area (Å²) in [4.78, 5) is 25.0. The summed E-state index contributed by atoms with van der Waals surface area (Å²) in [5, 5.41) is 0.460. The third-order valence-corrected chi connectivity index (χ3v) is 3.43. The molecule has 21 heavy (non-hydrogen) atoms. The molecule has 0 unspecified atom stereocenters. The van der Waals surface area contributed by atoms with E-state index in [9.17, 15) is 9.59 Å². The molecule has 0 aromatic heterocycles. The number of benzene rings is 1. The second kappa shape index (κ2) is 8.03. The van der Waals surface area contributed by atoms with Gasteiger partial charge >= 0.3 is 11.9 Å². The van der Waals surface area contributed by atoms with E-state index in [0.717, 1.165) is 0 Å². The summed E-state index contributed by atoms with van der Waals surface area (Å²) < 4.78 is 10.3. The SMILES string of the molecule is CCCC(C(=O)OCC)(C(=O)OCC)c1cccc(Cl)c1. The van der Waals surface area contributed by atoms with Gasteiger partial charge in [-0.25, -0.2) is 0 Å². The van der Waals surface area contributed by atoms with Crippen LogP contribution < -0.4 is 0 Å². The van der Waals surface area contributed by atoms with Crippen LogP contribution in [0.25, 0.3) is 0 Å². The first-order valence-electron chi connectivity index (χ1n) is 7.13. The van der Waals surface area contributed by atoms with E-state index >= 15 is 0 Å². The van der Waals surface area contributed by atoms with Crippen LogP contribution in [0.2, 0.25) is 5.02 Å². The maximum atomic E-state index is 12.5. The lowest BCUT2D eigenvalue weighted by molar-refractivity contribution is -0.165. The highest BCUT2D eigenvalue weighted by atomic mass is 35.5. The van der Waals surface area contributed by atoms with Gasteiger partial charge in [0.1, 0.15) is 0 Å². The Kier molecular flexibility index (Phi) is 6.69. The van der Waals surface area contributed by atoms with E-state index in [4.69, 9.17) is 21.1 Å². The zero-order chi connectivity index (χ0) is 15.9. The molecule has 0 radical (unpaired) electrons. The molecule has 1 rings (SSSR count). The number of hydrogen-bond acceptors (Lipinski definition) is 4. The van der Waals surface area contributed by atoms with E-state index in [1.54, 1.807) is 38.1 Å². The van der Waals surface area contributed by atoms with E-state index in [-0.39, 0.29) is 13.2 Å². The second-order valence-corrected chi connectivity index (χ2v) is 5.04. The van der Waals surface area contributed by atoms with Crippen molar-refractivity contribution in [3.05, 3.63) is 34.9 Å². The van der Waals surface area contributed by atoms with Crippen LogP contribution in [0.3, 0.4) is 0 Å². The van der Waals surface area contributed by atoms with E-state index in [2.05, 4.69) is 0 Å². The molecular weight excluding hydrogens is 292 g/mol. The van der Waals surface area contributed by atoms with Gasteiger partial charge in [-0.3, -0.25) is 9.59 Å². The fourth-order valence-electron chi connectivity index (χ4n) is 2.31. The van der Waals surface area contributed by atoms with Gasteiger partial charge in [-0.1, -0.05) is 37.1 Å². The molecule has 0 atom stereocenters. The molecule has 0 fully saturated rings. The first kappa shape index (κ1) is 17.5. The number of hydrogen-bond donors (Lipinski definition) is 0. The fourth-order valence-corrected chi connectivity index (χ4v) is 2.50. The van der Waals surface area contributed by atoms with Crippen LogP contribution in [0.4, 0.5) is 0 Å². The third-order valence-electron chi connectivity index (χ3n) is 3.19. The number of carbonyl (C=O) groups is 2. The molecule has 116 valence electrons. The van der Waals surface area contributed by atoms with Crippen LogP contribution in [-0.4, -0.2) is 25.2 Å². The van der Waals surface area contributed by atoms with Crippen molar-refractivity contribution in [3.8, 4) is 0 Å².